The van der Waals surface area contributed by atoms with Gasteiger partial charge in [0, 0.05) is 11.9 Å². The van der Waals surface area contributed by atoms with Crippen molar-refractivity contribution < 1.29 is 13.5 Å². The van der Waals surface area contributed by atoms with Gasteiger partial charge in [-0.3, -0.25) is 4.31 Å². The van der Waals surface area contributed by atoms with E-state index in [4.69, 9.17) is 0 Å². The van der Waals surface area contributed by atoms with E-state index in [0.717, 1.165) is 36.7 Å². The van der Waals surface area contributed by atoms with Crippen molar-refractivity contribution in [2.45, 2.75) is 30.3 Å². The van der Waals surface area contributed by atoms with Crippen molar-refractivity contribution in [2.75, 3.05) is 30.5 Å². The third-order valence-electron chi connectivity index (χ3n) is 5.66. The van der Waals surface area contributed by atoms with Crippen LogP contribution in [0.4, 0.5) is 5.69 Å². The minimum atomic E-state index is -3.83. The van der Waals surface area contributed by atoms with Gasteiger partial charge < -0.3 is 10.0 Å². The van der Waals surface area contributed by atoms with Crippen LogP contribution < -0.4 is 4.31 Å². The lowest BCUT2D eigenvalue weighted by molar-refractivity contribution is 0.107. The molecule has 1 fully saturated rings. The van der Waals surface area contributed by atoms with Gasteiger partial charge >= 0.3 is 0 Å². The Morgan fingerprint density at radius 2 is 1.53 bits per heavy atom. The van der Waals surface area contributed by atoms with Gasteiger partial charge in [0.25, 0.3) is 10.0 Å². The van der Waals surface area contributed by atoms with Crippen LogP contribution >= 0.6 is 0 Å². The Balaban J connectivity index is 1.71. The predicted octanol–water partition coefficient (Wildman–Crippen LogP) is 3.88. The molecule has 1 aliphatic heterocycles. The Labute approximate surface area is 178 Å². The molecule has 3 aromatic carbocycles. The summed E-state index contributed by atoms with van der Waals surface area (Å²) < 4.78 is 28.6. The molecular formula is C24H28N2O3S. The summed E-state index contributed by atoms with van der Waals surface area (Å²) in [6.45, 7) is 2.40. The molecule has 0 saturated carbocycles. The summed E-state index contributed by atoms with van der Waals surface area (Å²) in [5, 5.41) is 12.7. The molecular weight excluding hydrogens is 396 g/mol. The highest BCUT2D eigenvalue weighted by molar-refractivity contribution is 7.92. The van der Waals surface area contributed by atoms with Crippen molar-refractivity contribution in [3.63, 3.8) is 0 Å². The highest BCUT2D eigenvalue weighted by Gasteiger charge is 2.29. The topological polar surface area (TPSA) is 60.9 Å². The molecule has 1 N–H and O–H groups in total. The molecule has 4 rings (SSSR count). The first-order valence-corrected chi connectivity index (χ1v) is 12.0. The van der Waals surface area contributed by atoms with Gasteiger partial charge in [-0.2, -0.15) is 0 Å². The molecule has 1 aliphatic rings. The lowest BCUT2D eigenvalue weighted by Gasteiger charge is -2.32. The first-order valence-electron chi connectivity index (χ1n) is 10.5. The van der Waals surface area contributed by atoms with Crippen molar-refractivity contribution in [3.05, 3.63) is 72.8 Å². The monoisotopic (exact) mass is 424 g/mol. The zero-order valence-corrected chi connectivity index (χ0v) is 17.8. The average molecular weight is 425 g/mol. The van der Waals surface area contributed by atoms with Gasteiger partial charge in [0.05, 0.1) is 23.2 Å². The molecule has 0 aliphatic carbocycles. The molecule has 6 heteroatoms. The largest absolute Gasteiger partial charge is 0.390 e. The maximum atomic E-state index is 13.6. The summed E-state index contributed by atoms with van der Waals surface area (Å²) in [4.78, 5) is 2.45. The number of β-amino-alcohol motifs (C(OH)–C–C–N with tert-alkyl or cyclic N) is 1. The van der Waals surface area contributed by atoms with Crippen LogP contribution in [0.2, 0.25) is 0 Å². The minimum Gasteiger partial charge on any atom is -0.390 e. The molecule has 1 saturated heterocycles. The first kappa shape index (κ1) is 20.8. The van der Waals surface area contributed by atoms with Crippen LogP contribution in [-0.4, -0.2) is 50.7 Å². The molecule has 0 bridgehead atoms. The standard InChI is InChI=1S/C24H28N2O3S/c27-21(18-25-16-7-2-8-17-25)19-26(30(28,29)22-12-3-1-4-13-22)24-15-9-11-20-10-5-6-14-23(20)24/h1,3-6,9-15,21,27H,2,7-8,16-19H2/t21-/m0/s1. The third kappa shape index (κ3) is 4.51. The number of anilines is 1. The van der Waals surface area contributed by atoms with E-state index in [9.17, 15) is 13.5 Å². The Bertz CT molecular complexity index is 1070. The molecule has 0 radical (unpaired) electrons. The van der Waals surface area contributed by atoms with E-state index in [1.165, 1.54) is 10.7 Å². The highest BCUT2D eigenvalue weighted by Crippen LogP contribution is 2.31. The van der Waals surface area contributed by atoms with Crippen LogP contribution in [0.3, 0.4) is 0 Å². The quantitative estimate of drug-likeness (QED) is 0.625. The van der Waals surface area contributed by atoms with E-state index in [2.05, 4.69) is 4.90 Å². The van der Waals surface area contributed by atoms with Gasteiger partial charge in [-0.25, -0.2) is 8.42 Å². The number of likely N-dealkylation sites (tertiary alicyclic amines) is 1. The molecule has 0 aromatic heterocycles. The van der Waals surface area contributed by atoms with E-state index >= 15 is 0 Å². The molecule has 1 heterocycles. The summed E-state index contributed by atoms with van der Waals surface area (Å²) in [5.41, 5.74) is 0.592. The lowest BCUT2D eigenvalue weighted by Crippen LogP contribution is -2.44. The minimum absolute atomic E-state index is 0.0156. The summed E-state index contributed by atoms with van der Waals surface area (Å²) >= 11 is 0. The predicted molar refractivity (Wildman–Crippen MR) is 121 cm³/mol. The molecule has 5 nitrogen and oxygen atoms in total. The van der Waals surface area contributed by atoms with Crippen LogP contribution in [0, 0.1) is 0 Å². The number of hydrogen-bond acceptors (Lipinski definition) is 4. The van der Waals surface area contributed by atoms with E-state index < -0.39 is 16.1 Å². The number of aliphatic hydroxyl groups is 1. The number of nitrogens with zero attached hydrogens (tertiary/aromatic N) is 2. The van der Waals surface area contributed by atoms with Gasteiger partial charge in [0.15, 0.2) is 0 Å². The van der Waals surface area contributed by atoms with Crippen molar-refractivity contribution in [1.29, 1.82) is 0 Å². The summed E-state index contributed by atoms with van der Waals surface area (Å²) in [7, 11) is -3.83. The van der Waals surface area contributed by atoms with Gasteiger partial charge in [-0.1, -0.05) is 61.0 Å². The average Bonchev–Trinajstić information content (AvgIpc) is 2.78. The number of sulfonamides is 1. The molecule has 30 heavy (non-hydrogen) atoms. The second-order valence-corrected chi connectivity index (χ2v) is 9.72. The smallest absolute Gasteiger partial charge is 0.264 e. The van der Waals surface area contributed by atoms with Crippen LogP contribution in [-0.2, 0) is 10.0 Å². The van der Waals surface area contributed by atoms with E-state index in [1.54, 1.807) is 30.3 Å². The Kier molecular flexibility index (Phi) is 6.37. The second kappa shape index (κ2) is 9.16. The fourth-order valence-electron chi connectivity index (χ4n) is 4.16. The van der Waals surface area contributed by atoms with E-state index in [1.807, 2.05) is 42.5 Å². The number of piperidine rings is 1. The van der Waals surface area contributed by atoms with E-state index in [0.29, 0.717) is 12.2 Å². The highest BCUT2D eigenvalue weighted by atomic mass is 32.2. The van der Waals surface area contributed by atoms with Gasteiger partial charge in [0.1, 0.15) is 0 Å². The van der Waals surface area contributed by atoms with Crippen molar-refractivity contribution in [1.82, 2.24) is 4.90 Å². The van der Waals surface area contributed by atoms with Crippen molar-refractivity contribution in [2.24, 2.45) is 0 Å². The number of rotatable bonds is 7. The number of benzene rings is 3. The normalized spacial score (nSPS) is 16.4. The zero-order valence-electron chi connectivity index (χ0n) is 17.0. The van der Waals surface area contributed by atoms with Crippen LogP contribution in [0.15, 0.2) is 77.7 Å². The molecule has 0 unspecified atom stereocenters. The van der Waals surface area contributed by atoms with Crippen molar-refractivity contribution in [3.8, 4) is 0 Å². The fourth-order valence-corrected chi connectivity index (χ4v) is 5.70. The van der Waals surface area contributed by atoms with Gasteiger partial charge in [-0.05, 0) is 49.5 Å². The Hall–Kier alpha value is -2.41. The zero-order chi connectivity index (χ0) is 21.0. The maximum Gasteiger partial charge on any atom is 0.264 e. The number of hydrogen-bond donors (Lipinski definition) is 1. The van der Waals surface area contributed by atoms with Crippen LogP contribution in [0.5, 0.6) is 0 Å². The molecule has 3 aromatic rings. The molecule has 0 amide bonds. The van der Waals surface area contributed by atoms with E-state index in [-0.39, 0.29) is 11.4 Å². The number of fused-ring (bicyclic) bond motifs is 1. The van der Waals surface area contributed by atoms with Gasteiger partial charge in [0.2, 0.25) is 0 Å². The third-order valence-corrected chi connectivity index (χ3v) is 7.45. The van der Waals surface area contributed by atoms with Crippen molar-refractivity contribution >= 4 is 26.5 Å². The summed E-state index contributed by atoms with van der Waals surface area (Å²) in [6, 6.07) is 21.8. The second-order valence-electron chi connectivity index (χ2n) is 7.86. The fraction of sp³-hybridized carbons (Fsp3) is 0.333. The summed E-state index contributed by atoms with van der Waals surface area (Å²) in [5.74, 6) is 0. The SMILES string of the molecule is O=S(=O)(c1ccccc1)N(C[C@@H](O)CN1CCCCC1)c1cccc2ccccc12. The summed E-state index contributed by atoms with van der Waals surface area (Å²) in [6.07, 6.45) is 2.70. The first-order chi connectivity index (χ1) is 14.6. The van der Waals surface area contributed by atoms with Crippen LogP contribution in [0.1, 0.15) is 19.3 Å². The molecule has 0 spiro atoms. The Morgan fingerprint density at radius 1 is 0.867 bits per heavy atom. The lowest BCUT2D eigenvalue weighted by atomic mass is 10.1. The molecule has 158 valence electrons. The van der Waals surface area contributed by atoms with Crippen LogP contribution in [0.25, 0.3) is 10.8 Å². The maximum absolute atomic E-state index is 13.6. The van der Waals surface area contributed by atoms with Gasteiger partial charge in [-0.15, -0.1) is 0 Å². The number of aliphatic hydroxyl groups excluding tert-OH is 1. The molecule has 1 atom stereocenters. The Morgan fingerprint density at radius 3 is 2.30 bits per heavy atom.